The van der Waals surface area contributed by atoms with Crippen LogP contribution in [0.25, 0.3) is 0 Å². The van der Waals surface area contributed by atoms with Crippen molar-refractivity contribution in [2.75, 3.05) is 11.9 Å². The molecule has 2 N–H and O–H groups in total. The molecule has 1 aliphatic carbocycles. The zero-order valence-electron chi connectivity index (χ0n) is 11.7. The Morgan fingerprint density at radius 3 is 2.85 bits per heavy atom. The molecule has 0 saturated heterocycles. The zero-order valence-corrected chi connectivity index (χ0v) is 11.7. The van der Waals surface area contributed by atoms with E-state index in [4.69, 9.17) is 5.26 Å². The maximum Gasteiger partial charge on any atom is 0.306 e. The van der Waals surface area contributed by atoms with Crippen LogP contribution < -0.4 is 5.32 Å². The van der Waals surface area contributed by atoms with Crippen LogP contribution in [0.4, 0.5) is 5.69 Å². The van der Waals surface area contributed by atoms with Crippen LogP contribution in [-0.2, 0) is 4.79 Å². The Labute approximate surface area is 119 Å². The molecule has 2 atom stereocenters. The Hall–Kier alpha value is -2.02. The number of rotatable bonds is 4. The van der Waals surface area contributed by atoms with Crippen LogP contribution in [0.3, 0.4) is 0 Å². The molecular weight excluding hydrogens is 252 g/mol. The lowest BCUT2D eigenvalue weighted by Gasteiger charge is -2.29. The number of anilines is 1. The lowest BCUT2D eigenvalue weighted by atomic mass is 9.79. The summed E-state index contributed by atoms with van der Waals surface area (Å²) >= 11 is 0. The number of hydrogen-bond donors (Lipinski definition) is 2. The Kier molecular flexibility index (Phi) is 4.62. The predicted octanol–water partition coefficient (Wildman–Crippen LogP) is 3.17. The van der Waals surface area contributed by atoms with E-state index in [1.54, 1.807) is 6.07 Å². The van der Waals surface area contributed by atoms with E-state index in [0.29, 0.717) is 12.1 Å². The molecule has 0 radical (unpaired) electrons. The summed E-state index contributed by atoms with van der Waals surface area (Å²) in [5.74, 6) is -0.708. The van der Waals surface area contributed by atoms with Gasteiger partial charge in [-0.1, -0.05) is 12.8 Å². The normalized spacial score (nSPS) is 22.0. The van der Waals surface area contributed by atoms with Gasteiger partial charge >= 0.3 is 5.97 Å². The molecule has 0 aromatic heterocycles. The Balaban J connectivity index is 1.99. The summed E-state index contributed by atoms with van der Waals surface area (Å²) in [5.41, 5.74) is 2.57. The van der Waals surface area contributed by atoms with Gasteiger partial charge in [0.1, 0.15) is 0 Å². The first-order valence-corrected chi connectivity index (χ1v) is 7.09. The summed E-state index contributed by atoms with van der Waals surface area (Å²) < 4.78 is 0. The fraction of sp³-hybridized carbons (Fsp3) is 0.500. The number of nitrogens with zero attached hydrogens (tertiary/aromatic N) is 1. The minimum Gasteiger partial charge on any atom is -0.481 e. The lowest BCUT2D eigenvalue weighted by molar-refractivity contribution is -0.144. The predicted molar refractivity (Wildman–Crippen MR) is 77.5 cm³/mol. The van der Waals surface area contributed by atoms with E-state index < -0.39 is 5.97 Å². The highest BCUT2D eigenvalue weighted by atomic mass is 16.4. The van der Waals surface area contributed by atoms with Gasteiger partial charge in [0.05, 0.1) is 17.6 Å². The van der Waals surface area contributed by atoms with Crippen molar-refractivity contribution >= 4 is 11.7 Å². The molecule has 2 rings (SSSR count). The molecule has 1 aliphatic rings. The van der Waals surface area contributed by atoms with Gasteiger partial charge in [-0.05, 0) is 49.4 Å². The molecule has 1 fully saturated rings. The number of nitriles is 1. The summed E-state index contributed by atoms with van der Waals surface area (Å²) in [6.07, 6.45) is 3.89. The first-order valence-electron chi connectivity index (χ1n) is 7.09. The Morgan fingerprint density at radius 2 is 2.20 bits per heavy atom. The van der Waals surface area contributed by atoms with Crippen LogP contribution >= 0.6 is 0 Å². The number of carboxylic acids is 1. The highest BCUT2D eigenvalue weighted by Crippen LogP contribution is 2.30. The van der Waals surface area contributed by atoms with E-state index in [9.17, 15) is 9.90 Å². The Morgan fingerprint density at radius 1 is 1.45 bits per heavy atom. The van der Waals surface area contributed by atoms with Gasteiger partial charge in [0.15, 0.2) is 0 Å². The number of aryl methyl sites for hydroxylation is 1. The molecule has 0 spiro atoms. The third-order valence-electron chi connectivity index (χ3n) is 4.14. The number of carbonyl (C=O) groups is 1. The van der Waals surface area contributed by atoms with Crippen molar-refractivity contribution in [1.29, 1.82) is 5.26 Å². The van der Waals surface area contributed by atoms with Crippen LogP contribution in [0.2, 0.25) is 0 Å². The van der Waals surface area contributed by atoms with Gasteiger partial charge in [-0.3, -0.25) is 4.79 Å². The van der Waals surface area contributed by atoms with Gasteiger partial charge < -0.3 is 10.4 Å². The molecule has 0 bridgehead atoms. The van der Waals surface area contributed by atoms with Crippen LogP contribution in [0.15, 0.2) is 18.2 Å². The molecule has 2 unspecified atom stereocenters. The zero-order chi connectivity index (χ0) is 14.5. The monoisotopic (exact) mass is 272 g/mol. The minimum absolute atomic E-state index is 0.192. The Bertz CT molecular complexity index is 534. The summed E-state index contributed by atoms with van der Waals surface area (Å²) in [7, 11) is 0. The molecular formula is C16H20N2O2. The van der Waals surface area contributed by atoms with Crippen molar-refractivity contribution in [3.8, 4) is 6.07 Å². The van der Waals surface area contributed by atoms with Gasteiger partial charge in [-0.15, -0.1) is 0 Å². The molecule has 0 amide bonds. The fourth-order valence-corrected chi connectivity index (χ4v) is 2.93. The second-order valence-corrected chi connectivity index (χ2v) is 5.51. The number of nitrogens with one attached hydrogen (secondary N) is 1. The van der Waals surface area contributed by atoms with Gasteiger partial charge in [-0.25, -0.2) is 0 Å². The molecule has 0 heterocycles. The van der Waals surface area contributed by atoms with Crippen molar-refractivity contribution in [3.63, 3.8) is 0 Å². The molecule has 1 aromatic carbocycles. The SMILES string of the molecule is Cc1cc(NCC2CCCCC2C(=O)O)ccc1C#N. The topological polar surface area (TPSA) is 73.1 Å². The molecule has 20 heavy (non-hydrogen) atoms. The number of hydrogen-bond acceptors (Lipinski definition) is 3. The number of carboxylic acid groups (broad SMARTS) is 1. The van der Waals surface area contributed by atoms with Crippen molar-refractivity contribution in [1.82, 2.24) is 0 Å². The van der Waals surface area contributed by atoms with Gasteiger partial charge in [-0.2, -0.15) is 5.26 Å². The van der Waals surface area contributed by atoms with E-state index in [1.807, 2.05) is 19.1 Å². The van der Waals surface area contributed by atoms with E-state index in [0.717, 1.165) is 36.9 Å². The first-order chi connectivity index (χ1) is 9.61. The van der Waals surface area contributed by atoms with Gasteiger partial charge in [0.2, 0.25) is 0 Å². The summed E-state index contributed by atoms with van der Waals surface area (Å²) in [5, 5.41) is 21.5. The van der Waals surface area contributed by atoms with Gasteiger partial charge in [0.25, 0.3) is 0 Å². The summed E-state index contributed by atoms with van der Waals surface area (Å²) in [6.45, 7) is 2.59. The van der Waals surface area contributed by atoms with E-state index in [1.165, 1.54) is 0 Å². The van der Waals surface area contributed by atoms with Crippen molar-refractivity contribution in [2.24, 2.45) is 11.8 Å². The molecule has 0 aliphatic heterocycles. The first kappa shape index (κ1) is 14.4. The highest BCUT2D eigenvalue weighted by Gasteiger charge is 2.30. The molecule has 4 nitrogen and oxygen atoms in total. The highest BCUT2D eigenvalue weighted by molar-refractivity contribution is 5.70. The lowest BCUT2D eigenvalue weighted by Crippen LogP contribution is -2.31. The molecule has 1 aromatic rings. The maximum atomic E-state index is 11.2. The average molecular weight is 272 g/mol. The molecule has 106 valence electrons. The minimum atomic E-state index is -0.674. The smallest absolute Gasteiger partial charge is 0.306 e. The van der Waals surface area contributed by atoms with Crippen molar-refractivity contribution in [3.05, 3.63) is 29.3 Å². The number of benzene rings is 1. The summed E-state index contributed by atoms with van der Waals surface area (Å²) in [6, 6.07) is 7.76. The van der Waals surface area contributed by atoms with Crippen molar-refractivity contribution in [2.45, 2.75) is 32.6 Å². The second kappa shape index (κ2) is 6.42. The summed E-state index contributed by atoms with van der Waals surface area (Å²) in [4.78, 5) is 11.2. The second-order valence-electron chi connectivity index (χ2n) is 5.51. The van der Waals surface area contributed by atoms with Crippen LogP contribution in [-0.4, -0.2) is 17.6 Å². The van der Waals surface area contributed by atoms with E-state index in [2.05, 4.69) is 11.4 Å². The largest absolute Gasteiger partial charge is 0.481 e. The van der Waals surface area contributed by atoms with E-state index in [-0.39, 0.29) is 11.8 Å². The molecule has 4 heteroatoms. The van der Waals surface area contributed by atoms with Crippen LogP contribution in [0, 0.1) is 30.1 Å². The number of aliphatic carboxylic acids is 1. The quantitative estimate of drug-likeness (QED) is 0.883. The third kappa shape index (κ3) is 3.30. The van der Waals surface area contributed by atoms with E-state index >= 15 is 0 Å². The van der Waals surface area contributed by atoms with Crippen molar-refractivity contribution < 1.29 is 9.90 Å². The fourth-order valence-electron chi connectivity index (χ4n) is 2.93. The molecule has 1 saturated carbocycles. The van der Waals surface area contributed by atoms with Crippen LogP contribution in [0.5, 0.6) is 0 Å². The van der Waals surface area contributed by atoms with Gasteiger partial charge in [0, 0.05) is 12.2 Å². The average Bonchev–Trinajstić information content (AvgIpc) is 2.45. The van der Waals surface area contributed by atoms with Crippen LogP contribution in [0.1, 0.15) is 36.8 Å². The third-order valence-corrected chi connectivity index (χ3v) is 4.14. The standard InChI is InChI=1S/C16H20N2O2/c1-11-8-14(7-6-12(11)9-17)18-10-13-4-2-3-5-15(13)16(19)20/h6-8,13,15,18H,2-5,10H2,1H3,(H,19,20). The maximum absolute atomic E-state index is 11.2.